The number of aliphatic imine (C=N–C) groups is 1. The highest BCUT2D eigenvalue weighted by Gasteiger charge is 2.14. The number of benzene rings is 1. The number of carbonyl (C=O) groups is 1. The lowest BCUT2D eigenvalue weighted by Gasteiger charge is -2.00. The summed E-state index contributed by atoms with van der Waals surface area (Å²) in [4.78, 5) is 15.9. The Balaban J connectivity index is 2.47. The van der Waals surface area contributed by atoms with Gasteiger partial charge in [0.25, 0.3) is 0 Å². The minimum atomic E-state index is -0.516. The number of hydrogen-bond acceptors (Lipinski definition) is 6. The van der Waals surface area contributed by atoms with Crippen LogP contribution in [0.1, 0.15) is 10.5 Å². The van der Waals surface area contributed by atoms with Crippen molar-refractivity contribution in [3.05, 3.63) is 23.9 Å². The fourth-order valence-electron chi connectivity index (χ4n) is 1.61. The van der Waals surface area contributed by atoms with Crippen LogP contribution in [-0.2, 0) is 4.74 Å². The maximum Gasteiger partial charge on any atom is 0.359 e. The number of thioether (sulfide) groups is 1. The maximum atomic E-state index is 11.6. The zero-order valence-corrected chi connectivity index (χ0v) is 11.6. The fraction of sp³-hybridized carbons (Fsp3) is 0.167. The first-order valence-electron chi connectivity index (χ1n) is 5.53. The number of amidine groups is 1. The van der Waals surface area contributed by atoms with Crippen molar-refractivity contribution in [2.75, 3.05) is 13.4 Å². The molecule has 0 radical (unpaired) electrons. The molecule has 0 saturated carbocycles. The van der Waals surface area contributed by atoms with Crippen molar-refractivity contribution in [2.24, 2.45) is 4.99 Å². The summed E-state index contributed by atoms with van der Waals surface area (Å²) in [5.41, 5.74) is 1.53. The van der Waals surface area contributed by atoms with Crippen LogP contribution in [0.5, 0.6) is 0 Å². The molecule has 0 spiro atoms. The Morgan fingerprint density at radius 3 is 3.05 bits per heavy atom. The third-order valence-electron chi connectivity index (χ3n) is 2.51. The summed E-state index contributed by atoms with van der Waals surface area (Å²) in [5, 5.41) is 18.8. The first-order chi connectivity index (χ1) is 9.69. The van der Waals surface area contributed by atoms with Crippen molar-refractivity contribution in [1.29, 1.82) is 5.26 Å². The second-order valence-corrected chi connectivity index (χ2v) is 4.45. The molecule has 1 aromatic carbocycles. The quantitative estimate of drug-likeness (QED) is 0.287. The van der Waals surface area contributed by atoms with Gasteiger partial charge in [0.1, 0.15) is 0 Å². The summed E-state index contributed by atoms with van der Waals surface area (Å²) in [5.74, 6) is -0.516. The van der Waals surface area contributed by atoms with Crippen molar-refractivity contribution in [1.82, 2.24) is 15.5 Å². The molecule has 8 heteroatoms. The summed E-state index contributed by atoms with van der Waals surface area (Å²) < 4.78 is 4.67. The number of H-pyrrole nitrogens is 1. The third kappa shape index (κ3) is 2.73. The summed E-state index contributed by atoms with van der Waals surface area (Å²) in [6, 6.07) is 5.23. The van der Waals surface area contributed by atoms with Crippen LogP contribution in [0.15, 0.2) is 23.2 Å². The van der Waals surface area contributed by atoms with Crippen LogP contribution >= 0.6 is 11.8 Å². The maximum absolute atomic E-state index is 11.6. The first-order valence-corrected chi connectivity index (χ1v) is 6.76. The normalized spacial score (nSPS) is 11.2. The molecule has 1 heterocycles. The van der Waals surface area contributed by atoms with Gasteiger partial charge in [-0.05, 0) is 24.5 Å². The van der Waals surface area contributed by atoms with E-state index in [1.165, 1.54) is 18.9 Å². The molecule has 2 rings (SSSR count). The number of nitrogens with zero attached hydrogens (tertiary/aromatic N) is 3. The predicted molar refractivity (Wildman–Crippen MR) is 76.8 cm³/mol. The highest BCUT2D eigenvalue weighted by Crippen LogP contribution is 2.23. The van der Waals surface area contributed by atoms with Gasteiger partial charge in [-0.1, -0.05) is 11.8 Å². The molecule has 0 aliphatic heterocycles. The van der Waals surface area contributed by atoms with Gasteiger partial charge in [0.15, 0.2) is 17.1 Å². The standard InChI is InChI=1S/C12H11N5O2S/c1-19-11(18)10-8-5-7(3-4-9(8)16-17-10)15-12(20-2)14-6-13/h3-5H,1-2H3,(H,14,15)(H,16,17). The Bertz CT molecular complexity index is 716. The molecular formula is C12H11N5O2S. The van der Waals surface area contributed by atoms with Gasteiger partial charge in [0, 0.05) is 5.39 Å². The number of esters is 1. The van der Waals surface area contributed by atoms with E-state index in [9.17, 15) is 4.79 Å². The van der Waals surface area contributed by atoms with Gasteiger partial charge >= 0.3 is 5.97 Å². The second-order valence-electron chi connectivity index (χ2n) is 3.65. The van der Waals surface area contributed by atoms with E-state index in [0.29, 0.717) is 21.8 Å². The number of nitrogens with one attached hydrogen (secondary N) is 2. The zero-order valence-electron chi connectivity index (χ0n) is 10.8. The van der Waals surface area contributed by atoms with Gasteiger partial charge in [0.05, 0.1) is 18.3 Å². The molecule has 0 saturated heterocycles. The number of rotatable bonds is 2. The van der Waals surface area contributed by atoms with Crippen molar-refractivity contribution in [3.8, 4) is 6.19 Å². The Hall–Kier alpha value is -2.53. The highest BCUT2D eigenvalue weighted by atomic mass is 32.2. The number of nitriles is 1. The molecule has 0 unspecified atom stereocenters. The Morgan fingerprint density at radius 2 is 2.40 bits per heavy atom. The van der Waals surface area contributed by atoms with E-state index in [-0.39, 0.29) is 5.69 Å². The molecule has 0 aliphatic carbocycles. The molecule has 7 nitrogen and oxygen atoms in total. The number of methoxy groups -OCH3 is 1. The molecule has 0 bridgehead atoms. The van der Waals surface area contributed by atoms with Crippen molar-refractivity contribution >= 4 is 39.5 Å². The minimum Gasteiger partial charge on any atom is -0.464 e. The van der Waals surface area contributed by atoms with E-state index in [2.05, 4.69) is 25.2 Å². The lowest BCUT2D eigenvalue weighted by Crippen LogP contribution is -2.12. The van der Waals surface area contributed by atoms with Crippen LogP contribution < -0.4 is 5.32 Å². The van der Waals surface area contributed by atoms with Gasteiger partial charge in [0.2, 0.25) is 0 Å². The topological polar surface area (TPSA) is 103 Å². The smallest absolute Gasteiger partial charge is 0.359 e. The largest absolute Gasteiger partial charge is 0.464 e. The van der Waals surface area contributed by atoms with E-state index in [4.69, 9.17) is 5.26 Å². The minimum absolute atomic E-state index is 0.207. The van der Waals surface area contributed by atoms with E-state index >= 15 is 0 Å². The number of fused-ring (bicyclic) bond motifs is 1. The molecule has 1 aromatic heterocycles. The lowest BCUT2D eigenvalue weighted by atomic mass is 10.2. The van der Waals surface area contributed by atoms with Gasteiger partial charge in [-0.15, -0.1) is 0 Å². The summed E-state index contributed by atoms with van der Waals surface area (Å²) in [7, 11) is 1.30. The van der Waals surface area contributed by atoms with Crippen LogP contribution in [0.2, 0.25) is 0 Å². The number of ether oxygens (including phenoxy) is 1. The third-order valence-corrected chi connectivity index (χ3v) is 3.09. The Kier molecular flexibility index (Phi) is 4.22. The van der Waals surface area contributed by atoms with E-state index in [1.54, 1.807) is 24.5 Å². The molecule has 0 atom stereocenters. The van der Waals surface area contributed by atoms with Crippen LogP contribution in [-0.4, -0.2) is 34.7 Å². The molecule has 2 N–H and O–H groups in total. The molecule has 102 valence electrons. The van der Waals surface area contributed by atoms with Crippen LogP contribution in [0, 0.1) is 11.5 Å². The van der Waals surface area contributed by atoms with E-state index < -0.39 is 5.97 Å². The summed E-state index contributed by atoms with van der Waals surface area (Å²) >= 11 is 1.31. The molecule has 0 aliphatic rings. The average Bonchev–Trinajstić information content (AvgIpc) is 2.89. The first kappa shape index (κ1) is 13.9. The number of hydrogen-bond donors (Lipinski definition) is 2. The van der Waals surface area contributed by atoms with Gasteiger partial charge in [-0.3, -0.25) is 10.4 Å². The number of aromatic nitrogens is 2. The number of aromatic amines is 1. The molecule has 0 amide bonds. The molecule has 20 heavy (non-hydrogen) atoms. The van der Waals surface area contributed by atoms with Crippen LogP contribution in [0.25, 0.3) is 10.9 Å². The van der Waals surface area contributed by atoms with E-state index in [0.717, 1.165) is 0 Å². The lowest BCUT2D eigenvalue weighted by molar-refractivity contribution is 0.0596. The summed E-state index contributed by atoms with van der Waals surface area (Å²) in [6.07, 6.45) is 3.62. The SMILES string of the molecule is COC(=O)c1n[nH]c2ccc(N=C(NC#N)SC)cc12. The zero-order chi connectivity index (χ0) is 14.5. The molecular weight excluding hydrogens is 278 g/mol. The van der Waals surface area contributed by atoms with Crippen LogP contribution in [0.4, 0.5) is 5.69 Å². The van der Waals surface area contributed by atoms with Gasteiger partial charge in [-0.2, -0.15) is 10.4 Å². The Labute approximate surface area is 119 Å². The van der Waals surface area contributed by atoms with E-state index in [1.807, 2.05) is 6.19 Å². The molecule has 2 aromatic rings. The average molecular weight is 289 g/mol. The summed E-state index contributed by atoms with van der Waals surface area (Å²) in [6.45, 7) is 0. The number of carbonyl (C=O) groups excluding carboxylic acids is 1. The fourth-order valence-corrected chi connectivity index (χ4v) is 1.96. The van der Waals surface area contributed by atoms with Crippen LogP contribution in [0.3, 0.4) is 0 Å². The van der Waals surface area contributed by atoms with Gasteiger partial charge in [-0.25, -0.2) is 9.79 Å². The van der Waals surface area contributed by atoms with Crippen molar-refractivity contribution in [3.63, 3.8) is 0 Å². The van der Waals surface area contributed by atoms with Gasteiger partial charge < -0.3 is 4.74 Å². The predicted octanol–water partition coefficient (Wildman–Crippen LogP) is 1.77. The second kappa shape index (κ2) is 6.08. The Morgan fingerprint density at radius 1 is 1.60 bits per heavy atom. The monoisotopic (exact) mass is 289 g/mol. The highest BCUT2D eigenvalue weighted by molar-refractivity contribution is 8.13. The van der Waals surface area contributed by atoms with Crippen molar-refractivity contribution < 1.29 is 9.53 Å². The van der Waals surface area contributed by atoms with Crippen molar-refractivity contribution in [2.45, 2.75) is 0 Å². The molecule has 0 fully saturated rings.